The largest absolute Gasteiger partial charge is 0.379 e. The average molecular weight is 610 g/mol. The Hall–Kier alpha value is -4.73. The lowest BCUT2D eigenvalue weighted by Gasteiger charge is -2.26. The first-order valence-corrected chi connectivity index (χ1v) is 15.1. The Kier molecular flexibility index (Phi) is 9.09. The molecule has 0 saturated carbocycles. The molecule has 0 radical (unpaired) electrons. The second-order valence-corrected chi connectivity index (χ2v) is 11.3. The minimum atomic E-state index is -0.794. The summed E-state index contributed by atoms with van der Waals surface area (Å²) in [6, 6.07) is 21.0. The molecule has 1 aliphatic heterocycles. The number of aryl methyl sites for hydroxylation is 2. The summed E-state index contributed by atoms with van der Waals surface area (Å²) in [5.41, 5.74) is 4.15. The van der Waals surface area contributed by atoms with Crippen LogP contribution in [0.5, 0.6) is 0 Å². The van der Waals surface area contributed by atoms with E-state index in [4.69, 9.17) is 4.74 Å². The van der Waals surface area contributed by atoms with Crippen molar-refractivity contribution >= 4 is 28.8 Å². The zero-order valence-electron chi connectivity index (χ0n) is 24.7. The molecule has 0 bridgehead atoms. The van der Waals surface area contributed by atoms with Crippen LogP contribution < -0.4 is 10.6 Å². The predicted octanol–water partition coefficient (Wildman–Crippen LogP) is 5.53. The quantitative estimate of drug-likeness (QED) is 0.243. The Bertz CT molecular complexity index is 1750. The number of Topliss-reactive ketones (excluding diaryl/α,β-unsaturated/α-hetero) is 1. The summed E-state index contributed by atoms with van der Waals surface area (Å²) in [5, 5.41) is 5.95. The van der Waals surface area contributed by atoms with E-state index < -0.39 is 11.6 Å². The molecular formula is C36H33F2N3O4. The molecule has 4 aromatic carbocycles. The van der Waals surface area contributed by atoms with Gasteiger partial charge < -0.3 is 15.4 Å². The number of carbonyl (C=O) groups is 3. The van der Waals surface area contributed by atoms with Gasteiger partial charge in [-0.25, -0.2) is 8.78 Å². The number of amides is 1. The Morgan fingerprint density at radius 2 is 1.58 bits per heavy atom. The van der Waals surface area contributed by atoms with Crippen molar-refractivity contribution in [2.45, 2.75) is 19.3 Å². The normalized spacial score (nSPS) is 14.7. The second-order valence-electron chi connectivity index (χ2n) is 11.3. The van der Waals surface area contributed by atoms with Gasteiger partial charge in [-0.15, -0.1) is 0 Å². The van der Waals surface area contributed by atoms with Crippen LogP contribution in [0, 0.1) is 11.6 Å². The van der Waals surface area contributed by atoms with Crippen LogP contribution in [0.3, 0.4) is 0 Å². The highest BCUT2D eigenvalue weighted by Crippen LogP contribution is 2.30. The first-order valence-electron chi connectivity index (χ1n) is 15.1. The fourth-order valence-corrected chi connectivity index (χ4v) is 5.80. The van der Waals surface area contributed by atoms with Crippen LogP contribution in [0.1, 0.15) is 53.3 Å². The Labute approximate surface area is 260 Å². The van der Waals surface area contributed by atoms with Gasteiger partial charge in [-0.05, 0) is 65.9 Å². The van der Waals surface area contributed by atoms with Crippen LogP contribution in [-0.2, 0) is 24.0 Å². The van der Waals surface area contributed by atoms with Gasteiger partial charge in [-0.3, -0.25) is 19.3 Å². The first kappa shape index (κ1) is 30.3. The van der Waals surface area contributed by atoms with E-state index in [0.29, 0.717) is 60.5 Å². The number of carbonyl (C=O) groups excluding carboxylic acids is 3. The number of anilines is 2. The van der Waals surface area contributed by atoms with Crippen LogP contribution in [-0.4, -0.2) is 61.8 Å². The van der Waals surface area contributed by atoms with E-state index in [2.05, 4.69) is 15.5 Å². The highest BCUT2D eigenvalue weighted by molar-refractivity contribution is 6.12. The summed E-state index contributed by atoms with van der Waals surface area (Å²) in [7, 11) is 0. The number of hydrogen-bond donors (Lipinski definition) is 2. The summed E-state index contributed by atoms with van der Waals surface area (Å²) in [6.45, 7) is 4.31. The smallest absolute Gasteiger partial charge is 0.251 e. The molecule has 0 aromatic heterocycles. The van der Waals surface area contributed by atoms with Crippen LogP contribution in [0.15, 0.2) is 78.9 Å². The van der Waals surface area contributed by atoms with E-state index in [-0.39, 0.29) is 35.1 Å². The molecule has 2 N–H and O–H groups in total. The molecule has 2 aliphatic rings. The van der Waals surface area contributed by atoms with Crippen molar-refractivity contribution < 1.29 is 27.9 Å². The van der Waals surface area contributed by atoms with E-state index in [1.807, 2.05) is 6.07 Å². The molecule has 45 heavy (non-hydrogen) atoms. The fourth-order valence-electron chi connectivity index (χ4n) is 5.80. The lowest BCUT2D eigenvalue weighted by Crippen LogP contribution is -2.41. The third-order valence-corrected chi connectivity index (χ3v) is 8.31. The Morgan fingerprint density at radius 1 is 0.800 bits per heavy atom. The van der Waals surface area contributed by atoms with Crippen molar-refractivity contribution in [2.75, 3.05) is 44.7 Å². The van der Waals surface area contributed by atoms with Crippen LogP contribution in [0.2, 0.25) is 0 Å². The standard InChI is InChI=1S/C36H33F2N3O4/c37-31-22-32(38)33(20-27(31)21-34(42)24-4-2-1-3-5-24)40-28-10-11-29-25(18-28)8-6-23-7-9-26(19-30(23)35(29)43)36(44)39-12-13-41-14-16-45-17-15-41/h1-5,7,9-11,18-20,22,40H,6,8,12-17,21H2,(H,39,44). The van der Waals surface area contributed by atoms with Gasteiger partial charge in [0.25, 0.3) is 5.91 Å². The minimum Gasteiger partial charge on any atom is -0.379 e. The van der Waals surface area contributed by atoms with Crippen molar-refractivity contribution in [3.8, 4) is 0 Å². The summed E-state index contributed by atoms with van der Waals surface area (Å²) in [6.07, 6.45) is 0.945. The lowest BCUT2D eigenvalue weighted by molar-refractivity contribution is 0.0383. The van der Waals surface area contributed by atoms with Gasteiger partial charge in [0.05, 0.1) is 18.9 Å². The zero-order chi connectivity index (χ0) is 31.3. The van der Waals surface area contributed by atoms with Crippen molar-refractivity contribution in [3.63, 3.8) is 0 Å². The monoisotopic (exact) mass is 609 g/mol. The molecule has 1 saturated heterocycles. The maximum Gasteiger partial charge on any atom is 0.251 e. The van der Waals surface area contributed by atoms with Gasteiger partial charge in [0, 0.05) is 66.6 Å². The second kappa shape index (κ2) is 13.5. The summed E-state index contributed by atoms with van der Waals surface area (Å²) >= 11 is 0. The number of nitrogens with one attached hydrogen (secondary N) is 2. The molecule has 6 rings (SSSR count). The van der Waals surface area contributed by atoms with Crippen LogP contribution >= 0.6 is 0 Å². The van der Waals surface area contributed by atoms with Crippen LogP contribution in [0.4, 0.5) is 20.2 Å². The molecule has 1 fully saturated rings. The lowest BCUT2D eigenvalue weighted by atomic mass is 9.96. The van der Waals surface area contributed by atoms with E-state index in [0.717, 1.165) is 36.8 Å². The van der Waals surface area contributed by atoms with E-state index in [9.17, 15) is 23.2 Å². The van der Waals surface area contributed by atoms with Gasteiger partial charge >= 0.3 is 0 Å². The van der Waals surface area contributed by atoms with Gasteiger partial charge in [-0.1, -0.05) is 36.4 Å². The molecular weight excluding hydrogens is 576 g/mol. The summed E-state index contributed by atoms with van der Waals surface area (Å²) in [4.78, 5) is 41.4. The minimum absolute atomic E-state index is 0.0275. The van der Waals surface area contributed by atoms with Gasteiger partial charge in [-0.2, -0.15) is 0 Å². The van der Waals surface area contributed by atoms with Crippen molar-refractivity contribution in [1.29, 1.82) is 0 Å². The van der Waals surface area contributed by atoms with Crippen LogP contribution in [0.25, 0.3) is 0 Å². The van der Waals surface area contributed by atoms with Gasteiger partial charge in [0.2, 0.25) is 0 Å². The highest BCUT2D eigenvalue weighted by Gasteiger charge is 2.23. The number of nitrogens with zero attached hydrogens (tertiary/aromatic N) is 1. The third-order valence-electron chi connectivity index (χ3n) is 8.31. The topological polar surface area (TPSA) is 87.7 Å². The maximum atomic E-state index is 14.8. The molecule has 1 aliphatic carbocycles. The average Bonchev–Trinajstić information content (AvgIpc) is 3.19. The van der Waals surface area contributed by atoms with Gasteiger partial charge in [0.15, 0.2) is 11.6 Å². The van der Waals surface area contributed by atoms with Crippen molar-refractivity contribution in [2.24, 2.45) is 0 Å². The molecule has 1 heterocycles. The zero-order valence-corrected chi connectivity index (χ0v) is 24.7. The van der Waals surface area contributed by atoms with Crippen molar-refractivity contribution in [3.05, 3.63) is 129 Å². The third kappa shape index (κ3) is 7.00. The molecule has 0 unspecified atom stereocenters. The molecule has 0 atom stereocenters. The summed E-state index contributed by atoms with van der Waals surface area (Å²) < 4.78 is 34.8. The number of benzene rings is 4. The number of fused-ring (bicyclic) bond motifs is 2. The summed E-state index contributed by atoms with van der Waals surface area (Å²) in [5.74, 6) is -2.27. The first-order chi connectivity index (χ1) is 21.9. The Morgan fingerprint density at radius 3 is 2.38 bits per heavy atom. The number of hydrogen-bond acceptors (Lipinski definition) is 6. The maximum absolute atomic E-state index is 14.8. The number of ether oxygens (including phenoxy) is 1. The molecule has 9 heteroatoms. The predicted molar refractivity (Wildman–Crippen MR) is 167 cm³/mol. The van der Waals surface area contributed by atoms with E-state index in [1.165, 1.54) is 6.07 Å². The Balaban J connectivity index is 1.16. The molecule has 7 nitrogen and oxygen atoms in total. The highest BCUT2D eigenvalue weighted by atomic mass is 19.1. The number of morpholine rings is 1. The number of ketones is 2. The fraction of sp³-hybridized carbons (Fsp3) is 0.250. The van der Waals surface area contributed by atoms with E-state index in [1.54, 1.807) is 60.7 Å². The molecule has 230 valence electrons. The SMILES string of the molecule is O=C(Cc1cc(Nc2ccc3c(c2)CCc2ccc(C(=O)NCCN4CCOCC4)cc2C3=O)c(F)cc1F)c1ccccc1. The molecule has 4 aromatic rings. The van der Waals surface area contributed by atoms with Gasteiger partial charge in [0.1, 0.15) is 11.6 Å². The van der Waals surface area contributed by atoms with Crippen molar-refractivity contribution in [1.82, 2.24) is 10.2 Å². The van der Waals surface area contributed by atoms with E-state index >= 15 is 0 Å². The number of halogens is 2. The molecule has 1 amide bonds. The molecule has 0 spiro atoms. The number of rotatable bonds is 9.